The Labute approximate surface area is 196 Å². The van der Waals surface area contributed by atoms with Gasteiger partial charge in [-0.3, -0.25) is 24.1 Å². The number of halogens is 1. The molecule has 0 N–H and O–H groups in total. The van der Waals surface area contributed by atoms with Gasteiger partial charge >= 0.3 is 5.97 Å². The smallest absolute Gasteiger partial charge is 0.316 e. The number of carbonyl (C=O) groups excluding carboxylic acids is 4. The summed E-state index contributed by atoms with van der Waals surface area (Å²) in [7, 11) is 0. The molecule has 0 bridgehead atoms. The number of hydrogen-bond acceptors (Lipinski definition) is 5. The Kier molecular flexibility index (Phi) is 5.66. The van der Waals surface area contributed by atoms with Gasteiger partial charge in [-0.2, -0.15) is 0 Å². The number of fused-ring (bicyclic) bond motifs is 1. The third-order valence-electron chi connectivity index (χ3n) is 6.73. The lowest BCUT2D eigenvalue weighted by Crippen LogP contribution is -2.30. The summed E-state index contributed by atoms with van der Waals surface area (Å²) in [5, 5.41) is 0.514. The highest BCUT2D eigenvalue weighted by atomic mass is 35.5. The normalized spacial score (nSPS) is 24.9. The van der Waals surface area contributed by atoms with Crippen LogP contribution >= 0.6 is 11.6 Å². The number of imide groups is 1. The molecule has 3 amide bonds. The van der Waals surface area contributed by atoms with Gasteiger partial charge in [-0.1, -0.05) is 30.5 Å². The molecule has 8 heteroatoms. The molecule has 0 unspecified atom stereocenters. The number of nitrogens with zero attached hydrogens (tertiary/aromatic N) is 2. The molecule has 1 aliphatic carbocycles. The lowest BCUT2D eigenvalue weighted by atomic mass is 9.81. The van der Waals surface area contributed by atoms with E-state index in [9.17, 15) is 19.2 Å². The Morgan fingerprint density at radius 2 is 1.58 bits per heavy atom. The second-order valence-corrected chi connectivity index (χ2v) is 9.25. The van der Waals surface area contributed by atoms with Crippen LogP contribution < -0.4 is 14.5 Å². The van der Waals surface area contributed by atoms with Crippen LogP contribution in [0.25, 0.3) is 0 Å². The monoisotopic (exact) mass is 466 g/mol. The number of carbonyl (C=O) groups is 4. The molecule has 2 saturated heterocycles. The molecule has 0 radical (unpaired) electrons. The number of anilines is 2. The Morgan fingerprint density at radius 3 is 2.21 bits per heavy atom. The molecule has 0 aromatic heterocycles. The highest BCUT2D eigenvalue weighted by molar-refractivity contribution is 6.31. The number of hydrogen-bond donors (Lipinski definition) is 0. The van der Waals surface area contributed by atoms with Crippen molar-refractivity contribution in [3.8, 4) is 5.75 Å². The first-order valence-electron chi connectivity index (χ1n) is 11.2. The Hall–Kier alpha value is -3.19. The van der Waals surface area contributed by atoms with Crippen molar-refractivity contribution in [3.63, 3.8) is 0 Å². The van der Waals surface area contributed by atoms with E-state index in [1.54, 1.807) is 48.5 Å². The molecule has 2 aliphatic heterocycles. The van der Waals surface area contributed by atoms with E-state index >= 15 is 0 Å². The minimum atomic E-state index is -0.596. The third-order valence-corrected chi connectivity index (χ3v) is 6.97. The zero-order valence-electron chi connectivity index (χ0n) is 17.9. The van der Waals surface area contributed by atoms with Gasteiger partial charge < -0.3 is 9.64 Å². The van der Waals surface area contributed by atoms with Crippen molar-refractivity contribution < 1.29 is 23.9 Å². The maximum absolute atomic E-state index is 12.8. The molecule has 7 nitrogen and oxygen atoms in total. The van der Waals surface area contributed by atoms with Crippen LogP contribution in [0.15, 0.2) is 48.5 Å². The first kappa shape index (κ1) is 21.6. The molecule has 2 aromatic rings. The summed E-state index contributed by atoms with van der Waals surface area (Å²) in [4.78, 5) is 53.4. The lowest BCUT2D eigenvalue weighted by molar-refractivity contribution is -0.139. The summed E-state index contributed by atoms with van der Waals surface area (Å²) in [5.41, 5.74) is 1.13. The van der Waals surface area contributed by atoms with E-state index in [0.29, 0.717) is 22.1 Å². The molecule has 3 fully saturated rings. The summed E-state index contributed by atoms with van der Waals surface area (Å²) in [6.45, 7) is 0.218. The van der Waals surface area contributed by atoms with Gasteiger partial charge in [0.05, 0.1) is 23.4 Å². The molecule has 5 rings (SSSR count). The van der Waals surface area contributed by atoms with E-state index in [2.05, 4.69) is 0 Å². The Balaban J connectivity index is 1.24. The average molecular weight is 467 g/mol. The third kappa shape index (κ3) is 4.02. The zero-order chi connectivity index (χ0) is 23.1. The summed E-state index contributed by atoms with van der Waals surface area (Å²) in [6, 6.07) is 13.3. The standard InChI is InChI=1S/C25H23ClN2O5/c26-16-4-3-5-18(13-16)27-14-15(12-22(27)29)25(32)33-19-10-8-17(9-11-19)28-23(30)20-6-1-2-7-21(20)24(28)31/h3-5,8-11,13,15,20-21H,1-2,6-7,12,14H2/t15-,20+,21+/m0/s1. The van der Waals surface area contributed by atoms with Crippen molar-refractivity contribution in [3.05, 3.63) is 53.6 Å². The van der Waals surface area contributed by atoms with Gasteiger partial charge in [0.25, 0.3) is 0 Å². The fraction of sp³-hybridized carbons (Fsp3) is 0.360. The van der Waals surface area contributed by atoms with Crippen LogP contribution in [0.4, 0.5) is 11.4 Å². The van der Waals surface area contributed by atoms with E-state index in [1.165, 1.54) is 9.80 Å². The minimum Gasteiger partial charge on any atom is -0.426 e. The van der Waals surface area contributed by atoms with Crippen LogP contribution in [0.3, 0.4) is 0 Å². The van der Waals surface area contributed by atoms with E-state index in [0.717, 1.165) is 25.7 Å². The molecule has 2 aromatic carbocycles. The van der Waals surface area contributed by atoms with E-state index in [1.807, 2.05) is 0 Å². The van der Waals surface area contributed by atoms with Crippen molar-refractivity contribution in [2.45, 2.75) is 32.1 Å². The molecule has 3 aliphatic rings. The largest absolute Gasteiger partial charge is 0.426 e. The van der Waals surface area contributed by atoms with Crippen molar-refractivity contribution in [1.29, 1.82) is 0 Å². The number of rotatable bonds is 4. The molecular formula is C25H23ClN2O5. The van der Waals surface area contributed by atoms with E-state index in [4.69, 9.17) is 16.3 Å². The van der Waals surface area contributed by atoms with Gasteiger partial charge in [-0.05, 0) is 55.3 Å². The van der Waals surface area contributed by atoms with Crippen LogP contribution in [-0.2, 0) is 19.2 Å². The quantitative estimate of drug-likeness (QED) is 0.386. The van der Waals surface area contributed by atoms with E-state index < -0.39 is 11.9 Å². The SMILES string of the molecule is O=C(Oc1ccc(N2C(=O)[C@@H]3CCCC[C@H]3C2=O)cc1)[C@H]1CC(=O)N(c2cccc(Cl)c2)C1. The Bertz CT molecular complexity index is 1110. The highest BCUT2D eigenvalue weighted by Crippen LogP contribution is 2.40. The van der Waals surface area contributed by atoms with Crippen molar-refractivity contribution >= 4 is 46.7 Å². The lowest BCUT2D eigenvalue weighted by Gasteiger charge is -2.19. The van der Waals surface area contributed by atoms with Gasteiger partial charge in [0.1, 0.15) is 5.75 Å². The molecule has 170 valence electrons. The summed E-state index contributed by atoms with van der Waals surface area (Å²) in [5.74, 6) is -1.67. The number of ether oxygens (including phenoxy) is 1. The fourth-order valence-corrected chi connectivity index (χ4v) is 5.22. The zero-order valence-corrected chi connectivity index (χ0v) is 18.7. The maximum Gasteiger partial charge on any atom is 0.316 e. The van der Waals surface area contributed by atoms with Gasteiger partial charge in [0, 0.05) is 23.7 Å². The van der Waals surface area contributed by atoms with Crippen molar-refractivity contribution in [2.75, 3.05) is 16.3 Å². The van der Waals surface area contributed by atoms with Crippen LogP contribution in [0.1, 0.15) is 32.1 Å². The topological polar surface area (TPSA) is 84.0 Å². The number of esters is 1. The van der Waals surface area contributed by atoms with Crippen LogP contribution in [0.2, 0.25) is 5.02 Å². The second kappa shape index (κ2) is 8.63. The molecule has 2 heterocycles. The average Bonchev–Trinajstić information content (AvgIpc) is 3.32. The van der Waals surface area contributed by atoms with Crippen molar-refractivity contribution in [2.24, 2.45) is 17.8 Å². The number of benzene rings is 2. The van der Waals surface area contributed by atoms with E-state index in [-0.39, 0.29) is 42.5 Å². The van der Waals surface area contributed by atoms with Crippen LogP contribution in [-0.4, -0.2) is 30.2 Å². The fourth-order valence-electron chi connectivity index (χ4n) is 5.04. The van der Waals surface area contributed by atoms with Gasteiger partial charge in [-0.15, -0.1) is 0 Å². The minimum absolute atomic E-state index is 0.0585. The number of amides is 3. The summed E-state index contributed by atoms with van der Waals surface area (Å²) < 4.78 is 5.49. The van der Waals surface area contributed by atoms with Crippen molar-refractivity contribution in [1.82, 2.24) is 0 Å². The molecule has 0 spiro atoms. The summed E-state index contributed by atoms with van der Waals surface area (Å²) in [6.07, 6.45) is 3.52. The van der Waals surface area contributed by atoms with Gasteiger partial charge in [0.15, 0.2) is 0 Å². The van der Waals surface area contributed by atoms with Gasteiger partial charge in [-0.25, -0.2) is 0 Å². The first-order chi connectivity index (χ1) is 15.9. The van der Waals surface area contributed by atoms with Crippen LogP contribution in [0.5, 0.6) is 5.75 Å². The van der Waals surface area contributed by atoms with Crippen LogP contribution in [0, 0.1) is 17.8 Å². The maximum atomic E-state index is 12.8. The Morgan fingerprint density at radius 1 is 0.909 bits per heavy atom. The highest BCUT2D eigenvalue weighted by Gasteiger charge is 2.48. The predicted molar refractivity (Wildman–Crippen MR) is 122 cm³/mol. The molecule has 3 atom stereocenters. The second-order valence-electron chi connectivity index (χ2n) is 8.81. The first-order valence-corrected chi connectivity index (χ1v) is 11.6. The summed E-state index contributed by atoms with van der Waals surface area (Å²) >= 11 is 6.02. The molecular weight excluding hydrogens is 444 g/mol. The van der Waals surface area contributed by atoms with Gasteiger partial charge in [0.2, 0.25) is 17.7 Å². The predicted octanol–water partition coefficient (Wildman–Crippen LogP) is 3.98. The molecule has 1 saturated carbocycles. The molecule has 33 heavy (non-hydrogen) atoms.